The number of halogens is 2. The van der Waals surface area contributed by atoms with Gasteiger partial charge in [-0.1, -0.05) is 53.5 Å². The van der Waals surface area contributed by atoms with Gasteiger partial charge in [0.05, 0.1) is 15.6 Å². The fraction of sp³-hybridized carbons (Fsp3) is 0.188. The normalized spacial score (nSPS) is 10.4. The van der Waals surface area contributed by atoms with Crippen LogP contribution in [-0.4, -0.2) is 12.5 Å². The monoisotopic (exact) mass is 322 g/mol. The molecule has 0 fully saturated rings. The first-order chi connectivity index (χ1) is 10.1. The van der Waals surface area contributed by atoms with E-state index in [1.165, 1.54) is 5.56 Å². The van der Waals surface area contributed by atoms with E-state index in [9.17, 15) is 4.79 Å². The van der Waals surface area contributed by atoms with Crippen LogP contribution in [0.1, 0.15) is 21.5 Å². The highest BCUT2D eigenvalue weighted by Crippen LogP contribution is 2.25. The summed E-state index contributed by atoms with van der Waals surface area (Å²) in [4.78, 5) is 12.1. The number of rotatable bonds is 5. The minimum atomic E-state index is -0.242. The van der Waals surface area contributed by atoms with Crippen molar-refractivity contribution >= 4 is 29.1 Å². The van der Waals surface area contributed by atoms with Gasteiger partial charge in [-0.15, -0.1) is 0 Å². The molecule has 0 aliphatic carbocycles. The quantitative estimate of drug-likeness (QED) is 0.886. The van der Waals surface area contributed by atoms with Gasteiger partial charge in [0.2, 0.25) is 0 Å². The van der Waals surface area contributed by atoms with Crippen molar-refractivity contribution in [1.82, 2.24) is 5.32 Å². The van der Waals surface area contributed by atoms with Crippen molar-refractivity contribution in [2.45, 2.75) is 13.0 Å². The highest BCUT2D eigenvalue weighted by molar-refractivity contribution is 6.43. The molecule has 21 heavy (non-hydrogen) atoms. The van der Waals surface area contributed by atoms with Gasteiger partial charge in [0.25, 0.3) is 5.91 Å². The molecule has 3 N–H and O–H groups in total. The molecule has 0 atom stereocenters. The zero-order valence-electron chi connectivity index (χ0n) is 11.4. The molecule has 2 rings (SSSR count). The number of benzene rings is 2. The summed E-state index contributed by atoms with van der Waals surface area (Å²) in [5.41, 5.74) is 8.09. The van der Waals surface area contributed by atoms with Gasteiger partial charge in [-0.25, -0.2) is 0 Å². The maximum atomic E-state index is 12.1. The van der Waals surface area contributed by atoms with Crippen LogP contribution in [-0.2, 0) is 13.0 Å². The van der Waals surface area contributed by atoms with Crippen molar-refractivity contribution in [2.75, 3.05) is 6.54 Å². The number of amides is 1. The largest absolute Gasteiger partial charge is 0.348 e. The van der Waals surface area contributed by atoms with Gasteiger partial charge in [0.15, 0.2) is 0 Å². The average molecular weight is 323 g/mol. The standard InChI is InChI=1S/C16H16Cl2N2O/c17-14-3-1-2-13(15(14)18)16(21)20-10-12-6-4-11(5-7-12)8-9-19/h1-7H,8-10,19H2,(H,20,21). The second-order valence-electron chi connectivity index (χ2n) is 4.64. The van der Waals surface area contributed by atoms with Crippen LogP contribution in [0.5, 0.6) is 0 Å². The summed E-state index contributed by atoms with van der Waals surface area (Å²) in [6, 6.07) is 13.0. The van der Waals surface area contributed by atoms with Crippen LogP contribution < -0.4 is 11.1 Å². The number of hydrogen-bond donors (Lipinski definition) is 2. The summed E-state index contributed by atoms with van der Waals surface area (Å²) in [5, 5.41) is 3.47. The minimum Gasteiger partial charge on any atom is -0.348 e. The van der Waals surface area contributed by atoms with Gasteiger partial charge in [-0.3, -0.25) is 4.79 Å². The van der Waals surface area contributed by atoms with Gasteiger partial charge in [0.1, 0.15) is 0 Å². The van der Waals surface area contributed by atoms with E-state index in [0.717, 1.165) is 12.0 Å². The third-order valence-corrected chi connectivity index (χ3v) is 3.92. The summed E-state index contributed by atoms with van der Waals surface area (Å²) < 4.78 is 0. The molecule has 0 spiro atoms. The molecule has 0 saturated heterocycles. The second kappa shape index (κ2) is 7.46. The molecule has 2 aromatic carbocycles. The average Bonchev–Trinajstić information content (AvgIpc) is 2.49. The maximum Gasteiger partial charge on any atom is 0.253 e. The number of carbonyl (C=O) groups is 1. The van der Waals surface area contributed by atoms with Crippen LogP contribution in [0.15, 0.2) is 42.5 Å². The van der Waals surface area contributed by atoms with Crippen molar-refractivity contribution in [3.05, 3.63) is 69.2 Å². The van der Waals surface area contributed by atoms with E-state index in [4.69, 9.17) is 28.9 Å². The Morgan fingerprint density at radius 3 is 2.38 bits per heavy atom. The predicted molar refractivity (Wildman–Crippen MR) is 86.8 cm³/mol. The molecule has 1 amide bonds. The summed E-state index contributed by atoms with van der Waals surface area (Å²) in [5.74, 6) is -0.242. The Bertz CT molecular complexity index is 627. The van der Waals surface area contributed by atoms with Crippen molar-refractivity contribution in [2.24, 2.45) is 5.73 Å². The van der Waals surface area contributed by atoms with E-state index in [-0.39, 0.29) is 10.9 Å². The van der Waals surface area contributed by atoms with Crippen molar-refractivity contribution in [3.63, 3.8) is 0 Å². The Kier molecular flexibility index (Phi) is 5.62. The summed E-state index contributed by atoms with van der Waals surface area (Å²) in [6.07, 6.45) is 0.852. The number of hydrogen-bond acceptors (Lipinski definition) is 2. The van der Waals surface area contributed by atoms with E-state index < -0.39 is 0 Å². The zero-order chi connectivity index (χ0) is 15.2. The first-order valence-electron chi connectivity index (χ1n) is 6.62. The molecule has 0 heterocycles. The fourth-order valence-corrected chi connectivity index (χ4v) is 2.33. The number of nitrogens with two attached hydrogens (primary N) is 1. The fourth-order valence-electron chi connectivity index (χ4n) is 1.95. The molecule has 0 saturated carbocycles. The maximum absolute atomic E-state index is 12.1. The van der Waals surface area contributed by atoms with Gasteiger partial charge < -0.3 is 11.1 Å². The third kappa shape index (κ3) is 4.21. The van der Waals surface area contributed by atoms with Gasteiger partial charge >= 0.3 is 0 Å². The third-order valence-electron chi connectivity index (χ3n) is 3.11. The summed E-state index contributed by atoms with van der Waals surface area (Å²) in [6.45, 7) is 1.06. The van der Waals surface area contributed by atoms with Gasteiger partial charge in [-0.05, 0) is 36.2 Å². The first-order valence-corrected chi connectivity index (χ1v) is 7.37. The van der Waals surface area contributed by atoms with Crippen LogP contribution in [0.4, 0.5) is 0 Å². The van der Waals surface area contributed by atoms with E-state index in [0.29, 0.717) is 23.7 Å². The second-order valence-corrected chi connectivity index (χ2v) is 5.42. The Morgan fingerprint density at radius 1 is 1.05 bits per heavy atom. The molecular formula is C16H16Cl2N2O. The van der Waals surface area contributed by atoms with Crippen LogP contribution >= 0.6 is 23.2 Å². The molecule has 3 nitrogen and oxygen atoms in total. The Morgan fingerprint density at radius 2 is 1.71 bits per heavy atom. The summed E-state index contributed by atoms with van der Waals surface area (Å²) in [7, 11) is 0. The van der Waals surface area contributed by atoms with Gasteiger partial charge in [-0.2, -0.15) is 0 Å². The molecule has 2 aromatic rings. The molecule has 5 heteroatoms. The molecule has 110 valence electrons. The molecule has 0 aliphatic rings. The Hall–Kier alpha value is -1.55. The van der Waals surface area contributed by atoms with E-state index in [1.807, 2.05) is 24.3 Å². The molecule has 0 aliphatic heterocycles. The lowest BCUT2D eigenvalue weighted by Crippen LogP contribution is -2.23. The number of nitrogens with one attached hydrogen (secondary N) is 1. The highest BCUT2D eigenvalue weighted by Gasteiger charge is 2.12. The highest BCUT2D eigenvalue weighted by atomic mass is 35.5. The molecule has 0 radical (unpaired) electrons. The molecular weight excluding hydrogens is 307 g/mol. The minimum absolute atomic E-state index is 0.242. The lowest BCUT2D eigenvalue weighted by Gasteiger charge is -2.08. The summed E-state index contributed by atoms with van der Waals surface area (Å²) >= 11 is 11.9. The van der Waals surface area contributed by atoms with E-state index in [1.54, 1.807) is 18.2 Å². The zero-order valence-corrected chi connectivity index (χ0v) is 12.9. The molecule has 0 unspecified atom stereocenters. The van der Waals surface area contributed by atoms with Crippen LogP contribution in [0.25, 0.3) is 0 Å². The van der Waals surface area contributed by atoms with Crippen molar-refractivity contribution in [1.29, 1.82) is 0 Å². The predicted octanol–water partition coefficient (Wildman–Crippen LogP) is 3.42. The molecule has 0 bridgehead atoms. The smallest absolute Gasteiger partial charge is 0.253 e. The SMILES string of the molecule is NCCc1ccc(CNC(=O)c2cccc(Cl)c2Cl)cc1. The van der Waals surface area contributed by atoms with Gasteiger partial charge in [0, 0.05) is 6.54 Å². The lowest BCUT2D eigenvalue weighted by atomic mass is 10.1. The van der Waals surface area contributed by atoms with E-state index in [2.05, 4.69) is 5.32 Å². The Balaban J connectivity index is 1.99. The molecule has 0 aromatic heterocycles. The lowest BCUT2D eigenvalue weighted by molar-refractivity contribution is 0.0951. The topological polar surface area (TPSA) is 55.1 Å². The number of carbonyl (C=O) groups excluding carboxylic acids is 1. The van der Waals surface area contributed by atoms with Crippen molar-refractivity contribution < 1.29 is 4.79 Å². The Labute approximate surface area is 134 Å². The first kappa shape index (κ1) is 15.8. The van der Waals surface area contributed by atoms with Crippen LogP contribution in [0.2, 0.25) is 10.0 Å². The van der Waals surface area contributed by atoms with Crippen LogP contribution in [0.3, 0.4) is 0 Å². The van der Waals surface area contributed by atoms with E-state index >= 15 is 0 Å². The van der Waals surface area contributed by atoms with Crippen molar-refractivity contribution in [3.8, 4) is 0 Å². The van der Waals surface area contributed by atoms with Crippen LogP contribution in [0, 0.1) is 0 Å².